The van der Waals surface area contributed by atoms with E-state index in [0.717, 1.165) is 11.3 Å². The molecule has 22 heavy (non-hydrogen) atoms. The Balaban J connectivity index is 1.88. The molecule has 0 fully saturated rings. The Morgan fingerprint density at radius 3 is 2.64 bits per heavy atom. The summed E-state index contributed by atoms with van der Waals surface area (Å²) in [6.07, 6.45) is 2.17. The second kappa shape index (κ2) is 5.97. The number of fused-ring (bicyclic) bond motifs is 1. The predicted octanol–water partition coefficient (Wildman–Crippen LogP) is 3.16. The number of hydrogen-bond donors (Lipinski definition) is 0. The van der Waals surface area contributed by atoms with Gasteiger partial charge in [0.05, 0.1) is 20.0 Å². The van der Waals surface area contributed by atoms with Crippen molar-refractivity contribution in [2.24, 2.45) is 0 Å². The molecule has 5 heteroatoms. The van der Waals surface area contributed by atoms with E-state index >= 15 is 0 Å². The summed E-state index contributed by atoms with van der Waals surface area (Å²) in [5.74, 6) is 2.50. The van der Waals surface area contributed by atoms with Gasteiger partial charge >= 0.3 is 5.63 Å². The van der Waals surface area contributed by atoms with Gasteiger partial charge in [-0.2, -0.15) is 0 Å². The van der Waals surface area contributed by atoms with Crippen LogP contribution in [-0.2, 0) is 0 Å². The molecule has 0 radical (unpaired) electrons. The van der Waals surface area contributed by atoms with Gasteiger partial charge in [0, 0.05) is 18.1 Å². The van der Waals surface area contributed by atoms with Gasteiger partial charge in [0.15, 0.2) is 0 Å². The lowest BCUT2D eigenvalue weighted by Gasteiger charge is -2.18. The van der Waals surface area contributed by atoms with E-state index in [-0.39, 0.29) is 0 Å². The van der Waals surface area contributed by atoms with E-state index in [9.17, 15) is 4.79 Å². The minimum Gasteiger partial charge on any atom is -0.497 e. The topological polar surface area (TPSA) is 57.9 Å². The van der Waals surface area contributed by atoms with Gasteiger partial charge in [-0.15, -0.1) is 0 Å². The average Bonchev–Trinajstić information content (AvgIpc) is 2.52. The number of aryl methyl sites for hydroxylation is 1. The lowest BCUT2D eigenvalue weighted by molar-refractivity contribution is 0.306. The van der Waals surface area contributed by atoms with Crippen LogP contribution in [0.5, 0.6) is 17.2 Å². The molecule has 1 aromatic carbocycles. The summed E-state index contributed by atoms with van der Waals surface area (Å²) in [5.41, 5.74) is 0.801. The molecule has 114 valence electrons. The molecule has 1 aliphatic rings. The van der Waals surface area contributed by atoms with Gasteiger partial charge in [0.25, 0.3) is 0 Å². The summed E-state index contributed by atoms with van der Waals surface area (Å²) >= 11 is 0. The van der Waals surface area contributed by atoms with E-state index in [4.69, 9.17) is 18.6 Å². The van der Waals surface area contributed by atoms with Crippen LogP contribution in [0.3, 0.4) is 0 Å². The van der Waals surface area contributed by atoms with Crippen molar-refractivity contribution < 1.29 is 18.6 Å². The Morgan fingerprint density at radius 2 is 1.91 bits per heavy atom. The minimum absolute atomic E-state index is 0.403. The van der Waals surface area contributed by atoms with Crippen LogP contribution in [0.2, 0.25) is 0 Å². The average molecular weight is 300 g/mol. The lowest BCUT2D eigenvalue weighted by atomic mass is 10.0. The zero-order chi connectivity index (χ0) is 15.5. The van der Waals surface area contributed by atoms with Gasteiger partial charge in [-0.05, 0) is 31.2 Å². The van der Waals surface area contributed by atoms with Crippen molar-refractivity contribution in [1.29, 1.82) is 0 Å². The van der Waals surface area contributed by atoms with Crippen molar-refractivity contribution in [1.82, 2.24) is 0 Å². The van der Waals surface area contributed by atoms with Crippen molar-refractivity contribution in [3.05, 3.63) is 58.3 Å². The van der Waals surface area contributed by atoms with E-state index in [0.29, 0.717) is 35.9 Å². The highest BCUT2D eigenvalue weighted by Crippen LogP contribution is 2.31. The number of benzene rings is 1. The van der Waals surface area contributed by atoms with E-state index in [1.807, 2.05) is 12.1 Å². The number of hydrogen-bond acceptors (Lipinski definition) is 5. The van der Waals surface area contributed by atoms with E-state index in [2.05, 4.69) is 0 Å². The quantitative estimate of drug-likeness (QED) is 0.815. The largest absolute Gasteiger partial charge is 0.497 e. The summed E-state index contributed by atoms with van der Waals surface area (Å²) in [7, 11) is 1.61. The van der Waals surface area contributed by atoms with Gasteiger partial charge in [-0.1, -0.05) is 0 Å². The highest BCUT2D eigenvalue weighted by molar-refractivity contribution is 5.70. The van der Waals surface area contributed by atoms with Crippen LogP contribution in [0.4, 0.5) is 0 Å². The standard InChI is InChI=1S/C17H16O5/c1-11-9-15-16(17(18)22-11)12(7-8-20-15)10-21-14-5-3-13(19-2)4-6-14/h3-6,9-10H,7-8H2,1-2H3/b12-10+. The van der Waals surface area contributed by atoms with Crippen LogP contribution < -0.4 is 19.8 Å². The molecule has 0 amide bonds. The molecule has 3 rings (SSSR count). The molecule has 2 aromatic rings. The first kappa shape index (κ1) is 14.3. The summed E-state index contributed by atoms with van der Waals surface area (Å²) in [5, 5.41) is 0. The minimum atomic E-state index is -0.403. The fourth-order valence-electron chi connectivity index (χ4n) is 2.29. The third-order valence-electron chi connectivity index (χ3n) is 3.39. The van der Waals surface area contributed by atoms with Crippen molar-refractivity contribution in [3.8, 4) is 17.2 Å². The Labute approximate surface area is 127 Å². The van der Waals surface area contributed by atoms with Crippen LogP contribution in [0.25, 0.3) is 5.57 Å². The van der Waals surface area contributed by atoms with E-state index < -0.39 is 5.63 Å². The molecule has 0 spiro atoms. The molecule has 1 aliphatic heterocycles. The van der Waals surface area contributed by atoms with Crippen molar-refractivity contribution in [2.75, 3.05) is 13.7 Å². The fourth-order valence-corrected chi connectivity index (χ4v) is 2.29. The van der Waals surface area contributed by atoms with Crippen LogP contribution in [-0.4, -0.2) is 13.7 Å². The van der Waals surface area contributed by atoms with E-state index in [1.165, 1.54) is 0 Å². The Bertz CT molecular complexity index is 756. The molecule has 2 heterocycles. The first-order chi connectivity index (χ1) is 10.7. The summed E-state index contributed by atoms with van der Waals surface area (Å²) in [4.78, 5) is 12.0. The SMILES string of the molecule is COc1ccc(O/C=C2\CCOc3cc(C)oc(=O)c32)cc1. The third kappa shape index (κ3) is 2.83. The molecule has 1 aromatic heterocycles. The molecule has 0 bridgehead atoms. The van der Waals surface area contributed by atoms with Gasteiger partial charge < -0.3 is 18.6 Å². The second-order valence-corrected chi connectivity index (χ2v) is 4.92. The molecule has 0 atom stereocenters. The first-order valence-corrected chi connectivity index (χ1v) is 6.95. The Morgan fingerprint density at radius 1 is 1.18 bits per heavy atom. The van der Waals surface area contributed by atoms with Gasteiger partial charge in [0.1, 0.15) is 28.6 Å². The number of methoxy groups -OCH3 is 1. The van der Waals surface area contributed by atoms with Crippen LogP contribution in [0, 0.1) is 6.92 Å². The lowest BCUT2D eigenvalue weighted by Crippen LogP contribution is -2.17. The van der Waals surface area contributed by atoms with Gasteiger partial charge in [-0.3, -0.25) is 0 Å². The Kier molecular flexibility index (Phi) is 3.87. The molecule has 0 N–H and O–H groups in total. The predicted molar refractivity (Wildman–Crippen MR) is 81.4 cm³/mol. The van der Waals surface area contributed by atoms with Crippen LogP contribution in [0.15, 0.2) is 45.8 Å². The number of rotatable bonds is 3. The molecule has 0 aliphatic carbocycles. The molecule has 0 saturated carbocycles. The van der Waals surface area contributed by atoms with E-state index in [1.54, 1.807) is 38.5 Å². The molecular formula is C17H16O5. The monoisotopic (exact) mass is 300 g/mol. The zero-order valence-electron chi connectivity index (χ0n) is 12.4. The Hall–Kier alpha value is -2.69. The maximum Gasteiger partial charge on any atom is 0.347 e. The maximum atomic E-state index is 12.0. The molecule has 0 saturated heterocycles. The number of ether oxygens (including phenoxy) is 3. The normalized spacial score (nSPS) is 15.1. The molecule has 0 unspecified atom stereocenters. The molecule has 5 nitrogen and oxygen atoms in total. The van der Waals surface area contributed by atoms with Gasteiger partial charge in [-0.25, -0.2) is 4.79 Å². The fraction of sp³-hybridized carbons (Fsp3) is 0.235. The van der Waals surface area contributed by atoms with Gasteiger partial charge in [0.2, 0.25) is 0 Å². The highest BCUT2D eigenvalue weighted by atomic mass is 16.5. The smallest absolute Gasteiger partial charge is 0.347 e. The van der Waals surface area contributed by atoms with Crippen LogP contribution in [0.1, 0.15) is 17.7 Å². The highest BCUT2D eigenvalue weighted by Gasteiger charge is 2.21. The first-order valence-electron chi connectivity index (χ1n) is 6.95. The van der Waals surface area contributed by atoms with Crippen LogP contribution >= 0.6 is 0 Å². The maximum absolute atomic E-state index is 12.0. The summed E-state index contributed by atoms with van der Waals surface area (Å²) in [6, 6.07) is 8.94. The third-order valence-corrected chi connectivity index (χ3v) is 3.39. The zero-order valence-corrected chi connectivity index (χ0v) is 12.4. The van der Waals surface area contributed by atoms with Crippen molar-refractivity contribution in [3.63, 3.8) is 0 Å². The second-order valence-electron chi connectivity index (χ2n) is 4.92. The summed E-state index contributed by atoms with van der Waals surface area (Å²) in [6.45, 7) is 2.23. The van der Waals surface area contributed by atoms with Crippen molar-refractivity contribution in [2.45, 2.75) is 13.3 Å². The summed E-state index contributed by atoms with van der Waals surface area (Å²) < 4.78 is 21.4. The van der Waals surface area contributed by atoms with Crippen molar-refractivity contribution >= 4 is 5.57 Å². The molecular weight excluding hydrogens is 284 g/mol.